The second-order valence-electron chi connectivity index (χ2n) is 7.92. The average Bonchev–Trinajstić information content (AvgIpc) is 2.85. The molecule has 4 aromatic carbocycles. The van der Waals surface area contributed by atoms with E-state index in [4.69, 9.17) is 0 Å². The van der Waals surface area contributed by atoms with Crippen molar-refractivity contribution in [2.75, 3.05) is 14.8 Å². The summed E-state index contributed by atoms with van der Waals surface area (Å²) in [5, 5.41) is 2.67. The Hall–Kier alpha value is -4.15. The number of carbonyl (C=O) groups excluding carboxylic acids is 1. The summed E-state index contributed by atoms with van der Waals surface area (Å²) in [5.74, 6) is -0.560. The van der Waals surface area contributed by atoms with E-state index >= 15 is 0 Å². The summed E-state index contributed by atoms with van der Waals surface area (Å²) in [7, 11) is -7.72. The third-order valence-corrected chi connectivity index (χ3v) is 7.94. The van der Waals surface area contributed by atoms with Gasteiger partial charge in [0.15, 0.2) is 0 Å². The number of hydrogen-bond acceptors (Lipinski definition) is 5. The zero-order valence-electron chi connectivity index (χ0n) is 19.2. The molecule has 1 amide bonds. The zero-order valence-corrected chi connectivity index (χ0v) is 20.8. The van der Waals surface area contributed by atoms with E-state index in [1.807, 2.05) is 13.0 Å². The summed E-state index contributed by atoms with van der Waals surface area (Å²) in [6, 6.07) is 26.7. The fourth-order valence-electron chi connectivity index (χ4n) is 3.41. The van der Waals surface area contributed by atoms with Crippen LogP contribution in [0.1, 0.15) is 15.9 Å². The molecule has 0 spiro atoms. The molecule has 0 unspecified atom stereocenters. The highest BCUT2D eigenvalue weighted by Crippen LogP contribution is 2.23. The van der Waals surface area contributed by atoms with Crippen LogP contribution in [0.2, 0.25) is 0 Å². The Morgan fingerprint density at radius 1 is 0.611 bits per heavy atom. The SMILES string of the molecule is Cc1cccc(NS(=O)(=O)c2ccc(NC(=O)c3ccccc3NS(=O)(=O)c3ccccc3)cc2)c1. The molecule has 0 aliphatic heterocycles. The van der Waals surface area contributed by atoms with Crippen LogP contribution in [0.15, 0.2) is 113 Å². The first-order valence-corrected chi connectivity index (χ1v) is 13.8. The molecule has 10 heteroatoms. The van der Waals surface area contributed by atoms with Gasteiger partial charge in [0.05, 0.1) is 21.0 Å². The Labute approximate surface area is 210 Å². The maximum absolute atomic E-state index is 12.9. The van der Waals surface area contributed by atoms with E-state index in [0.717, 1.165) is 5.56 Å². The molecule has 184 valence electrons. The van der Waals surface area contributed by atoms with Gasteiger partial charge in [-0.1, -0.05) is 42.5 Å². The van der Waals surface area contributed by atoms with Crippen LogP contribution in [0, 0.1) is 6.92 Å². The van der Waals surface area contributed by atoms with Crippen LogP contribution in [0.3, 0.4) is 0 Å². The van der Waals surface area contributed by atoms with E-state index in [0.29, 0.717) is 11.4 Å². The summed E-state index contributed by atoms with van der Waals surface area (Å²) < 4.78 is 55.8. The number of anilines is 3. The molecular formula is C26H23N3O5S2. The molecule has 4 rings (SSSR count). The number of sulfonamides is 2. The second-order valence-corrected chi connectivity index (χ2v) is 11.3. The van der Waals surface area contributed by atoms with Crippen molar-refractivity contribution in [3.63, 3.8) is 0 Å². The number of aryl methyl sites for hydroxylation is 1. The molecule has 0 fully saturated rings. The summed E-state index contributed by atoms with van der Waals surface area (Å²) in [4.78, 5) is 13.0. The lowest BCUT2D eigenvalue weighted by molar-refractivity contribution is 0.102. The molecule has 0 heterocycles. The number of benzene rings is 4. The van der Waals surface area contributed by atoms with Crippen molar-refractivity contribution in [3.8, 4) is 0 Å². The minimum atomic E-state index is -3.90. The highest BCUT2D eigenvalue weighted by molar-refractivity contribution is 7.93. The predicted octanol–water partition coefficient (Wildman–Crippen LogP) is 4.85. The normalized spacial score (nSPS) is 11.5. The smallest absolute Gasteiger partial charge is 0.261 e. The van der Waals surface area contributed by atoms with Gasteiger partial charge in [0.25, 0.3) is 26.0 Å². The quantitative estimate of drug-likeness (QED) is 0.306. The topological polar surface area (TPSA) is 121 Å². The van der Waals surface area contributed by atoms with Gasteiger partial charge in [-0.15, -0.1) is 0 Å². The number of hydrogen-bond donors (Lipinski definition) is 3. The minimum absolute atomic E-state index is 0.0260. The average molecular weight is 522 g/mol. The van der Waals surface area contributed by atoms with Gasteiger partial charge in [0, 0.05) is 11.4 Å². The molecule has 0 saturated heterocycles. The molecule has 3 N–H and O–H groups in total. The highest BCUT2D eigenvalue weighted by atomic mass is 32.2. The summed E-state index contributed by atoms with van der Waals surface area (Å²) >= 11 is 0. The highest BCUT2D eigenvalue weighted by Gasteiger charge is 2.19. The van der Waals surface area contributed by atoms with Gasteiger partial charge in [-0.25, -0.2) is 16.8 Å². The molecular weight excluding hydrogens is 498 g/mol. The maximum atomic E-state index is 12.9. The van der Waals surface area contributed by atoms with E-state index in [-0.39, 0.29) is 21.0 Å². The van der Waals surface area contributed by atoms with Gasteiger partial charge in [-0.2, -0.15) is 0 Å². The first kappa shape index (κ1) is 25.0. The molecule has 0 atom stereocenters. The summed E-state index contributed by atoms with van der Waals surface area (Å²) in [6.45, 7) is 1.86. The number of rotatable bonds is 8. The molecule has 0 aliphatic rings. The standard InChI is InChI=1S/C26H23N3O5S2/c1-19-8-7-9-21(18-19)28-35(31,32)23-16-14-20(15-17-23)27-26(30)24-12-5-6-13-25(24)29-36(33,34)22-10-3-2-4-11-22/h2-18,28-29H,1H3,(H,27,30). The van der Waals surface area contributed by atoms with Gasteiger partial charge in [-0.05, 0) is 73.2 Å². The minimum Gasteiger partial charge on any atom is -0.322 e. The third kappa shape index (κ3) is 5.91. The Kier molecular flexibility index (Phi) is 7.09. The molecule has 36 heavy (non-hydrogen) atoms. The number of amides is 1. The van der Waals surface area contributed by atoms with Gasteiger partial charge in [0.1, 0.15) is 0 Å². The van der Waals surface area contributed by atoms with Gasteiger partial charge < -0.3 is 5.32 Å². The predicted molar refractivity (Wildman–Crippen MR) is 140 cm³/mol. The van der Waals surface area contributed by atoms with Crippen LogP contribution < -0.4 is 14.8 Å². The Balaban J connectivity index is 1.50. The lowest BCUT2D eigenvalue weighted by atomic mass is 10.1. The molecule has 0 radical (unpaired) electrons. The zero-order chi connectivity index (χ0) is 25.8. The van der Waals surface area contributed by atoms with E-state index in [1.165, 1.54) is 48.5 Å². The van der Waals surface area contributed by atoms with E-state index < -0.39 is 26.0 Å². The van der Waals surface area contributed by atoms with Crippen LogP contribution in [-0.2, 0) is 20.0 Å². The summed E-state index contributed by atoms with van der Waals surface area (Å²) in [6.07, 6.45) is 0. The first-order valence-electron chi connectivity index (χ1n) is 10.8. The van der Waals surface area contributed by atoms with Crippen molar-refractivity contribution in [3.05, 3.63) is 114 Å². The Bertz CT molecular complexity index is 1600. The van der Waals surface area contributed by atoms with E-state index in [1.54, 1.807) is 48.5 Å². The number of nitrogens with one attached hydrogen (secondary N) is 3. The number of para-hydroxylation sites is 1. The molecule has 4 aromatic rings. The van der Waals surface area contributed by atoms with Crippen molar-refractivity contribution in [1.82, 2.24) is 0 Å². The fourth-order valence-corrected chi connectivity index (χ4v) is 5.56. The van der Waals surface area contributed by atoms with Crippen LogP contribution in [0.4, 0.5) is 17.1 Å². The van der Waals surface area contributed by atoms with E-state index in [9.17, 15) is 21.6 Å². The first-order chi connectivity index (χ1) is 17.1. The lowest BCUT2D eigenvalue weighted by Gasteiger charge is -2.13. The van der Waals surface area contributed by atoms with Crippen molar-refractivity contribution in [1.29, 1.82) is 0 Å². The van der Waals surface area contributed by atoms with Gasteiger partial charge in [0.2, 0.25) is 0 Å². The van der Waals surface area contributed by atoms with E-state index in [2.05, 4.69) is 14.8 Å². The third-order valence-electron chi connectivity index (χ3n) is 5.16. The largest absolute Gasteiger partial charge is 0.322 e. The van der Waals surface area contributed by atoms with Crippen LogP contribution >= 0.6 is 0 Å². The molecule has 0 bridgehead atoms. The van der Waals surface area contributed by atoms with Gasteiger partial charge in [-0.3, -0.25) is 14.2 Å². The van der Waals surface area contributed by atoms with Crippen molar-refractivity contribution in [2.24, 2.45) is 0 Å². The van der Waals surface area contributed by atoms with Crippen molar-refractivity contribution < 1.29 is 21.6 Å². The maximum Gasteiger partial charge on any atom is 0.261 e. The van der Waals surface area contributed by atoms with Crippen LogP contribution in [0.5, 0.6) is 0 Å². The number of carbonyl (C=O) groups is 1. The molecule has 8 nitrogen and oxygen atoms in total. The second kappa shape index (κ2) is 10.2. The van der Waals surface area contributed by atoms with Crippen molar-refractivity contribution >= 4 is 43.0 Å². The van der Waals surface area contributed by atoms with Gasteiger partial charge >= 0.3 is 0 Å². The van der Waals surface area contributed by atoms with Crippen LogP contribution in [-0.4, -0.2) is 22.7 Å². The Morgan fingerprint density at radius 2 is 1.22 bits per heavy atom. The fraction of sp³-hybridized carbons (Fsp3) is 0.0385. The summed E-state index contributed by atoms with van der Waals surface area (Å²) in [5.41, 5.74) is 1.92. The monoisotopic (exact) mass is 521 g/mol. The van der Waals surface area contributed by atoms with Crippen LogP contribution in [0.25, 0.3) is 0 Å². The molecule has 0 aliphatic carbocycles. The molecule has 0 saturated carbocycles. The molecule has 0 aromatic heterocycles. The van der Waals surface area contributed by atoms with Crippen molar-refractivity contribution in [2.45, 2.75) is 16.7 Å². The lowest BCUT2D eigenvalue weighted by Crippen LogP contribution is -2.18. The Morgan fingerprint density at radius 3 is 1.92 bits per heavy atom.